The molecule has 0 spiro atoms. The second-order valence-electron chi connectivity index (χ2n) is 4.99. The van der Waals surface area contributed by atoms with Crippen LogP contribution in [0, 0.1) is 5.92 Å². The van der Waals surface area contributed by atoms with E-state index in [-0.39, 0.29) is 18.3 Å². The Morgan fingerprint density at radius 3 is 2.55 bits per heavy atom. The molecular formula is C15H23ClN2O2. The van der Waals surface area contributed by atoms with E-state index in [0.29, 0.717) is 12.1 Å². The highest BCUT2D eigenvalue weighted by Gasteiger charge is 2.21. The molecule has 0 aromatic heterocycles. The van der Waals surface area contributed by atoms with E-state index >= 15 is 0 Å². The Labute approximate surface area is 126 Å². The van der Waals surface area contributed by atoms with Crippen LogP contribution in [0.25, 0.3) is 0 Å². The molecule has 0 aliphatic heterocycles. The zero-order valence-electron chi connectivity index (χ0n) is 11.9. The molecule has 2 N–H and O–H groups in total. The first-order valence-corrected chi connectivity index (χ1v) is 6.95. The summed E-state index contributed by atoms with van der Waals surface area (Å²) >= 11 is 0. The number of hydrogen-bond donors (Lipinski definition) is 2. The fraction of sp³-hybridized carbons (Fsp3) is 0.533. The van der Waals surface area contributed by atoms with Crippen LogP contribution >= 0.6 is 12.4 Å². The monoisotopic (exact) mass is 298 g/mol. The number of benzene rings is 1. The molecule has 1 aromatic carbocycles. The van der Waals surface area contributed by atoms with Crippen molar-refractivity contribution < 1.29 is 9.53 Å². The molecule has 0 unspecified atom stereocenters. The Balaban J connectivity index is 0.00000200. The van der Waals surface area contributed by atoms with Crippen molar-refractivity contribution in [3.8, 4) is 5.75 Å². The quantitative estimate of drug-likeness (QED) is 0.724. The van der Waals surface area contributed by atoms with E-state index in [1.165, 1.54) is 12.8 Å². The largest absolute Gasteiger partial charge is 0.493 e. The SMILES string of the molecule is CNCCCNC(=O)c1ccc(OCC2CC2)cc1.Cl. The van der Waals surface area contributed by atoms with E-state index < -0.39 is 0 Å². The molecule has 1 fully saturated rings. The van der Waals surface area contributed by atoms with Crippen molar-refractivity contribution in [2.75, 3.05) is 26.7 Å². The summed E-state index contributed by atoms with van der Waals surface area (Å²) in [4.78, 5) is 11.8. The number of carbonyl (C=O) groups excluding carboxylic acids is 1. The molecule has 1 amide bonds. The van der Waals surface area contributed by atoms with E-state index in [2.05, 4.69) is 10.6 Å². The Bertz CT molecular complexity index is 405. The van der Waals surface area contributed by atoms with Crippen LogP contribution in [-0.2, 0) is 0 Å². The van der Waals surface area contributed by atoms with Gasteiger partial charge in [0.05, 0.1) is 6.61 Å². The molecule has 0 saturated heterocycles. The van der Waals surface area contributed by atoms with Crippen LogP contribution in [0.4, 0.5) is 0 Å². The Morgan fingerprint density at radius 1 is 1.25 bits per heavy atom. The molecule has 0 bridgehead atoms. The lowest BCUT2D eigenvalue weighted by molar-refractivity contribution is 0.0953. The number of carbonyl (C=O) groups is 1. The minimum atomic E-state index is -0.0233. The molecular weight excluding hydrogens is 276 g/mol. The normalized spacial score (nSPS) is 13.4. The number of halogens is 1. The maximum absolute atomic E-state index is 11.8. The van der Waals surface area contributed by atoms with Crippen LogP contribution in [0.2, 0.25) is 0 Å². The third kappa shape index (κ3) is 5.80. The van der Waals surface area contributed by atoms with Gasteiger partial charge < -0.3 is 15.4 Å². The molecule has 1 aliphatic rings. The Morgan fingerprint density at radius 2 is 1.95 bits per heavy atom. The lowest BCUT2D eigenvalue weighted by Gasteiger charge is -2.07. The summed E-state index contributed by atoms with van der Waals surface area (Å²) in [5.41, 5.74) is 0.684. The predicted molar refractivity (Wildman–Crippen MR) is 82.8 cm³/mol. The van der Waals surface area contributed by atoms with Crippen molar-refractivity contribution in [2.24, 2.45) is 5.92 Å². The molecule has 0 heterocycles. The molecule has 0 atom stereocenters. The predicted octanol–water partition coefficient (Wildman–Crippen LogP) is 2.24. The van der Waals surface area contributed by atoms with Gasteiger partial charge in [0.15, 0.2) is 0 Å². The lowest BCUT2D eigenvalue weighted by Crippen LogP contribution is -2.26. The van der Waals surface area contributed by atoms with Gasteiger partial charge in [-0.3, -0.25) is 4.79 Å². The summed E-state index contributed by atoms with van der Waals surface area (Å²) in [6, 6.07) is 7.36. The van der Waals surface area contributed by atoms with Crippen LogP contribution in [0.1, 0.15) is 29.6 Å². The van der Waals surface area contributed by atoms with Crippen molar-refractivity contribution in [1.29, 1.82) is 0 Å². The van der Waals surface area contributed by atoms with Gasteiger partial charge >= 0.3 is 0 Å². The molecule has 2 rings (SSSR count). The maximum atomic E-state index is 11.8. The van der Waals surface area contributed by atoms with Crippen molar-refractivity contribution in [1.82, 2.24) is 10.6 Å². The topological polar surface area (TPSA) is 50.4 Å². The molecule has 1 aliphatic carbocycles. The number of ether oxygens (including phenoxy) is 1. The third-order valence-electron chi connectivity index (χ3n) is 3.19. The minimum absolute atomic E-state index is 0. The van der Waals surface area contributed by atoms with Gasteiger partial charge in [0, 0.05) is 12.1 Å². The van der Waals surface area contributed by atoms with Gasteiger partial charge in [-0.25, -0.2) is 0 Å². The standard InChI is InChI=1S/C15H22N2O2.ClH/c1-16-9-2-10-17-15(18)13-5-7-14(8-6-13)19-11-12-3-4-12;/h5-8,12,16H,2-4,9-11H2,1H3,(H,17,18);1H. The van der Waals surface area contributed by atoms with Crippen molar-refractivity contribution in [2.45, 2.75) is 19.3 Å². The van der Waals surface area contributed by atoms with Gasteiger partial charge in [-0.05, 0) is 63.0 Å². The molecule has 1 saturated carbocycles. The first-order chi connectivity index (χ1) is 9.29. The summed E-state index contributed by atoms with van der Waals surface area (Å²) in [7, 11) is 1.90. The van der Waals surface area contributed by atoms with Crippen molar-refractivity contribution in [3.63, 3.8) is 0 Å². The molecule has 5 heteroatoms. The molecule has 1 aromatic rings. The third-order valence-corrected chi connectivity index (χ3v) is 3.19. The number of rotatable bonds is 8. The van der Waals surface area contributed by atoms with E-state index in [1.807, 2.05) is 31.3 Å². The van der Waals surface area contributed by atoms with Crippen LogP contribution in [0.3, 0.4) is 0 Å². The van der Waals surface area contributed by atoms with Crippen LogP contribution < -0.4 is 15.4 Å². The first-order valence-electron chi connectivity index (χ1n) is 6.95. The first kappa shape index (κ1) is 16.8. The fourth-order valence-electron chi connectivity index (χ4n) is 1.77. The van der Waals surface area contributed by atoms with Gasteiger partial charge in [-0.2, -0.15) is 0 Å². The summed E-state index contributed by atoms with van der Waals surface area (Å²) < 4.78 is 5.64. The lowest BCUT2D eigenvalue weighted by atomic mass is 10.2. The van der Waals surface area contributed by atoms with Crippen LogP contribution in [0.5, 0.6) is 5.75 Å². The molecule has 112 valence electrons. The second-order valence-corrected chi connectivity index (χ2v) is 4.99. The van der Waals surface area contributed by atoms with E-state index in [9.17, 15) is 4.79 Å². The highest BCUT2D eigenvalue weighted by Crippen LogP contribution is 2.29. The zero-order valence-corrected chi connectivity index (χ0v) is 12.7. The average molecular weight is 299 g/mol. The van der Waals surface area contributed by atoms with Gasteiger partial charge in [0.1, 0.15) is 5.75 Å². The summed E-state index contributed by atoms with van der Waals surface area (Å²) in [6.07, 6.45) is 3.50. The van der Waals surface area contributed by atoms with Gasteiger partial charge in [-0.15, -0.1) is 12.4 Å². The van der Waals surface area contributed by atoms with Gasteiger partial charge in [0.2, 0.25) is 0 Å². The van der Waals surface area contributed by atoms with E-state index in [1.54, 1.807) is 0 Å². The Hall–Kier alpha value is -1.26. The number of nitrogens with one attached hydrogen (secondary N) is 2. The van der Waals surface area contributed by atoms with Gasteiger partial charge in [0.25, 0.3) is 5.91 Å². The number of amides is 1. The highest BCUT2D eigenvalue weighted by molar-refractivity contribution is 5.94. The number of hydrogen-bond acceptors (Lipinski definition) is 3. The molecule has 0 radical (unpaired) electrons. The van der Waals surface area contributed by atoms with E-state index in [4.69, 9.17) is 4.74 Å². The van der Waals surface area contributed by atoms with Crippen LogP contribution in [-0.4, -0.2) is 32.7 Å². The van der Waals surface area contributed by atoms with Crippen molar-refractivity contribution >= 4 is 18.3 Å². The van der Waals surface area contributed by atoms with Crippen LogP contribution in [0.15, 0.2) is 24.3 Å². The Kier molecular flexibility index (Phi) is 7.41. The van der Waals surface area contributed by atoms with Crippen molar-refractivity contribution in [3.05, 3.63) is 29.8 Å². The summed E-state index contributed by atoms with van der Waals surface area (Å²) in [6.45, 7) is 2.41. The average Bonchev–Trinajstić information content (AvgIpc) is 3.26. The second kappa shape index (κ2) is 8.82. The highest BCUT2D eigenvalue weighted by atomic mass is 35.5. The smallest absolute Gasteiger partial charge is 0.251 e. The van der Waals surface area contributed by atoms with E-state index in [0.717, 1.165) is 31.2 Å². The summed E-state index contributed by atoms with van der Waals surface area (Å²) in [5, 5.41) is 5.94. The molecule has 20 heavy (non-hydrogen) atoms. The molecule has 4 nitrogen and oxygen atoms in total. The summed E-state index contributed by atoms with van der Waals surface area (Å²) in [5.74, 6) is 1.57. The fourth-order valence-corrected chi connectivity index (χ4v) is 1.77. The zero-order chi connectivity index (χ0) is 13.5. The maximum Gasteiger partial charge on any atom is 0.251 e. The van der Waals surface area contributed by atoms with Gasteiger partial charge in [-0.1, -0.05) is 0 Å². The minimum Gasteiger partial charge on any atom is -0.493 e.